The fourth-order valence-corrected chi connectivity index (χ4v) is 4.11. The lowest BCUT2D eigenvalue weighted by Crippen LogP contribution is -2.40. The maximum Gasteiger partial charge on any atom is 0.270 e. The number of aromatic nitrogens is 5. The summed E-state index contributed by atoms with van der Waals surface area (Å²) in [6.07, 6.45) is 5.31. The number of hydrogen-bond acceptors (Lipinski definition) is 5. The predicted octanol–water partition coefficient (Wildman–Crippen LogP) is 3.14. The Morgan fingerprint density at radius 3 is 2.96 bits per heavy atom. The topological polar surface area (TPSA) is 88.5 Å². The van der Waals surface area contributed by atoms with Crippen LogP contribution in [0.5, 0.6) is 0 Å². The molecule has 2 N–H and O–H groups in total. The molecule has 0 saturated carbocycles. The van der Waals surface area contributed by atoms with Gasteiger partial charge in [0.25, 0.3) is 5.91 Å². The summed E-state index contributed by atoms with van der Waals surface area (Å²) < 4.78 is 2.18. The summed E-state index contributed by atoms with van der Waals surface area (Å²) in [4.78, 5) is 21.9. The van der Waals surface area contributed by atoms with Crippen LogP contribution >= 0.6 is 11.3 Å². The van der Waals surface area contributed by atoms with Gasteiger partial charge in [0, 0.05) is 36.1 Å². The number of amides is 1. The van der Waals surface area contributed by atoms with E-state index in [1.165, 1.54) is 11.3 Å². The molecule has 3 aromatic heterocycles. The maximum atomic E-state index is 12.8. The largest absolute Gasteiger partial charge is 0.347 e. The number of imidazole rings is 1. The van der Waals surface area contributed by atoms with Crippen molar-refractivity contribution in [1.82, 2.24) is 30.0 Å². The van der Waals surface area contributed by atoms with Crippen molar-refractivity contribution in [3.8, 4) is 22.5 Å². The number of nitrogens with one attached hydrogen (secondary N) is 2. The molecule has 1 unspecified atom stereocenters. The zero-order valence-corrected chi connectivity index (χ0v) is 15.8. The summed E-state index contributed by atoms with van der Waals surface area (Å²) in [5.41, 5.74) is 5.76. The Hall–Kier alpha value is -3.26. The Kier molecular flexibility index (Phi) is 4.25. The van der Waals surface area contributed by atoms with Crippen molar-refractivity contribution >= 4 is 17.2 Å². The first-order chi connectivity index (χ1) is 13.8. The van der Waals surface area contributed by atoms with Gasteiger partial charge in [-0.2, -0.15) is 5.10 Å². The molecule has 0 bridgehead atoms. The maximum absolute atomic E-state index is 12.8. The van der Waals surface area contributed by atoms with E-state index in [0.29, 0.717) is 12.1 Å². The van der Waals surface area contributed by atoms with Gasteiger partial charge in [0.1, 0.15) is 11.5 Å². The second-order valence-corrected chi connectivity index (χ2v) is 7.52. The fourth-order valence-electron chi connectivity index (χ4n) is 3.56. The monoisotopic (exact) mass is 390 g/mol. The van der Waals surface area contributed by atoms with Gasteiger partial charge in [-0.1, -0.05) is 30.3 Å². The molecule has 0 radical (unpaired) electrons. The first-order valence-corrected chi connectivity index (χ1v) is 10.1. The van der Waals surface area contributed by atoms with Crippen LogP contribution in [0, 0.1) is 0 Å². The molecule has 4 heterocycles. The van der Waals surface area contributed by atoms with Crippen LogP contribution in [0.15, 0.2) is 53.6 Å². The molecule has 1 aromatic carbocycles. The lowest BCUT2D eigenvalue weighted by atomic mass is 10.1. The van der Waals surface area contributed by atoms with Crippen molar-refractivity contribution < 1.29 is 4.79 Å². The van der Waals surface area contributed by atoms with Crippen molar-refractivity contribution in [2.24, 2.45) is 0 Å². The Morgan fingerprint density at radius 2 is 2.14 bits per heavy atom. The average molecular weight is 390 g/mol. The SMILES string of the molecule is O=C(NC1CCn2cc(-c3ccccc3)nc2C1)c1[nH]ncc1-c1cscn1. The molecule has 0 aliphatic carbocycles. The standard InChI is InChI=1S/C20H18N6OS/c27-20(19-15(9-22-25-19)17-11-28-12-21-17)23-14-6-7-26-10-16(24-18(26)8-14)13-4-2-1-3-5-13/h1-5,9-12,14H,6-8H2,(H,22,25)(H,23,27). The molecule has 28 heavy (non-hydrogen) atoms. The molecule has 0 saturated heterocycles. The summed E-state index contributed by atoms with van der Waals surface area (Å²) in [6, 6.07) is 10.2. The van der Waals surface area contributed by atoms with Crippen LogP contribution in [-0.2, 0) is 13.0 Å². The van der Waals surface area contributed by atoms with Crippen LogP contribution in [0.4, 0.5) is 0 Å². The van der Waals surface area contributed by atoms with Gasteiger partial charge in [0.2, 0.25) is 0 Å². The molecule has 0 fully saturated rings. The highest BCUT2D eigenvalue weighted by molar-refractivity contribution is 7.07. The van der Waals surface area contributed by atoms with E-state index in [-0.39, 0.29) is 11.9 Å². The second-order valence-electron chi connectivity index (χ2n) is 6.80. The van der Waals surface area contributed by atoms with E-state index in [4.69, 9.17) is 4.98 Å². The summed E-state index contributed by atoms with van der Waals surface area (Å²) in [5.74, 6) is 0.841. The Labute approximate surface area is 165 Å². The number of rotatable bonds is 4. The average Bonchev–Trinajstić information content (AvgIpc) is 3.47. The number of fused-ring (bicyclic) bond motifs is 1. The minimum absolute atomic E-state index is 0.0395. The third-order valence-corrected chi connectivity index (χ3v) is 5.57. The molecule has 1 amide bonds. The number of aromatic amines is 1. The van der Waals surface area contributed by atoms with Crippen LogP contribution < -0.4 is 5.32 Å². The molecule has 8 heteroatoms. The highest BCUT2D eigenvalue weighted by Crippen LogP contribution is 2.24. The number of carbonyl (C=O) groups excluding carboxylic acids is 1. The smallest absolute Gasteiger partial charge is 0.270 e. The fraction of sp³-hybridized carbons (Fsp3) is 0.200. The Balaban J connectivity index is 1.32. The van der Waals surface area contributed by atoms with E-state index in [9.17, 15) is 4.79 Å². The van der Waals surface area contributed by atoms with E-state index >= 15 is 0 Å². The molecular formula is C20H18N6OS. The third-order valence-electron chi connectivity index (χ3n) is 4.99. The van der Waals surface area contributed by atoms with Gasteiger partial charge < -0.3 is 9.88 Å². The number of H-pyrrole nitrogens is 1. The van der Waals surface area contributed by atoms with E-state index < -0.39 is 0 Å². The van der Waals surface area contributed by atoms with Crippen molar-refractivity contribution in [2.75, 3.05) is 0 Å². The second kappa shape index (κ2) is 7.05. The van der Waals surface area contributed by atoms with E-state index in [1.54, 1.807) is 11.7 Å². The van der Waals surface area contributed by atoms with Gasteiger partial charge in [-0.25, -0.2) is 9.97 Å². The number of hydrogen-bond donors (Lipinski definition) is 2. The molecule has 140 valence electrons. The Morgan fingerprint density at radius 1 is 1.25 bits per heavy atom. The molecule has 1 aliphatic heterocycles. The van der Waals surface area contributed by atoms with Gasteiger partial charge in [-0.05, 0) is 6.42 Å². The molecule has 1 aliphatic rings. The first-order valence-electron chi connectivity index (χ1n) is 9.12. The first kappa shape index (κ1) is 16.9. The Bertz CT molecular complexity index is 1100. The predicted molar refractivity (Wildman–Crippen MR) is 107 cm³/mol. The van der Waals surface area contributed by atoms with E-state index in [1.807, 2.05) is 23.6 Å². The van der Waals surface area contributed by atoms with E-state index in [0.717, 1.165) is 41.3 Å². The van der Waals surface area contributed by atoms with Gasteiger partial charge in [0.05, 0.1) is 28.7 Å². The number of thiazole rings is 1. The van der Waals surface area contributed by atoms with Crippen LogP contribution in [0.25, 0.3) is 22.5 Å². The molecule has 0 spiro atoms. The number of nitrogens with zero attached hydrogens (tertiary/aromatic N) is 4. The summed E-state index contributed by atoms with van der Waals surface area (Å²) in [7, 11) is 0. The molecule has 1 atom stereocenters. The minimum Gasteiger partial charge on any atom is -0.347 e. The van der Waals surface area contributed by atoms with Crippen molar-refractivity contribution in [3.63, 3.8) is 0 Å². The molecule has 5 rings (SSSR count). The zero-order valence-electron chi connectivity index (χ0n) is 15.0. The summed E-state index contributed by atoms with van der Waals surface area (Å²) in [6.45, 7) is 0.835. The van der Waals surface area contributed by atoms with Gasteiger partial charge >= 0.3 is 0 Å². The molecule has 4 aromatic rings. The number of aryl methyl sites for hydroxylation is 1. The lowest BCUT2D eigenvalue weighted by molar-refractivity contribution is 0.0926. The molecule has 7 nitrogen and oxygen atoms in total. The van der Waals surface area contributed by atoms with Crippen molar-refractivity contribution in [2.45, 2.75) is 25.4 Å². The van der Waals surface area contributed by atoms with Gasteiger partial charge in [-0.15, -0.1) is 11.3 Å². The van der Waals surface area contributed by atoms with E-state index in [2.05, 4.69) is 43.4 Å². The number of benzene rings is 1. The van der Waals surface area contributed by atoms with Crippen LogP contribution in [-0.4, -0.2) is 36.7 Å². The minimum atomic E-state index is -0.159. The lowest BCUT2D eigenvalue weighted by Gasteiger charge is -2.24. The van der Waals surface area contributed by atoms with Gasteiger partial charge in [0.15, 0.2) is 0 Å². The van der Waals surface area contributed by atoms with Crippen molar-refractivity contribution in [1.29, 1.82) is 0 Å². The van der Waals surface area contributed by atoms with Crippen LogP contribution in [0.1, 0.15) is 22.7 Å². The zero-order chi connectivity index (χ0) is 18.9. The normalized spacial score (nSPS) is 15.9. The van der Waals surface area contributed by atoms with Crippen LogP contribution in [0.3, 0.4) is 0 Å². The van der Waals surface area contributed by atoms with Crippen molar-refractivity contribution in [3.05, 3.63) is 65.1 Å². The highest BCUT2D eigenvalue weighted by Gasteiger charge is 2.25. The van der Waals surface area contributed by atoms with Crippen LogP contribution in [0.2, 0.25) is 0 Å². The quantitative estimate of drug-likeness (QED) is 0.560. The summed E-state index contributed by atoms with van der Waals surface area (Å²) >= 11 is 1.49. The molecular weight excluding hydrogens is 372 g/mol. The van der Waals surface area contributed by atoms with Gasteiger partial charge in [-0.3, -0.25) is 9.89 Å². The summed E-state index contributed by atoms with van der Waals surface area (Å²) in [5, 5.41) is 11.9. The number of carbonyl (C=O) groups is 1. The highest BCUT2D eigenvalue weighted by atomic mass is 32.1. The third kappa shape index (κ3) is 3.11.